The summed E-state index contributed by atoms with van der Waals surface area (Å²) >= 11 is 0. The smallest absolute Gasteiger partial charge is 0.131 e. The normalized spacial score (nSPS) is 13.3. The van der Waals surface area contributed by atoms with Crippen LogP contribution in [0.2, 0.25) is 0 Å². The second-order valence-corrected chi connectivity index (χ2v) is 10.5. The first-order valence-corrected chi connectivity index (χ1v) is 15.3. The molecule has 0 fully saturated rings. The standard InChI is InChI=1S/C35H53FN3/c1-7-13-24-38(25-14-8-2)34-20-19-32-27-30(17-18-33(32)29-34)28-35(36)31(16-9-3)21-23-37-22-15-26-39(10-4,11-5)12-6/h9,16-21,23,27-29H,7-8,10-15,22,24-26H2,1-6H3/q+1/b16-9-,31-21+,35-28-,37-23?. The van der Waals surface area contributed by atoms with E-state index < -0.39 is 0 Å². The summed E-state index contributed by atoms with van der Waals surface area (Å²) in [5, 5.41) is 2.32. The first-order chi connectivity index (χ1) is 18.9. The Morgan fingerprint density at radius 2 is 1.51 bits per heavy atom. The maximum Gasteiger partial charge on any atom is 0.131 e. The zero-order valence-corrected chi connectivity index (χ0v) is 25.6. The lowest BCUT2D eigenvalue weighted by Crippen LogP contribution is -2.48. The van der Waals surface area contributed by atoms with E-state index in [0.29, 0.717) is 5.57 Å². The van der Waals surface area contributed by atoms with Gasteiger partial charge in [-0.15, -0.1) is 0 Å². The predicted octanol–water partition coefficient (Wildman–Crippen LogP) is 9.40. The molecule has 0 unspecified atom stereocenters. The maximum absolute atomic E-state index is 15.3. The molecule has 2 aromatic carbocycles. The fourth-order valence-electron chi connectivity index (χ4n) is 5.08. The van der Waals surface area contributed by atoms with Crippen LogP contribution in [0.15, 0.2) is 71.0 Å². The van der Waals surface area contributed by atoms with E-state index >= 15 is 4.39 Å². The number of benzene rings is 2. The predicted molar refractivity (Wildman–Crippen MR) is 173 cm³/mol. The Morgan fingerprint density at radius 1 is 0.872 bits per heavy atom. The third kappa shape index (κ3) is 10.4. The number of quaternary nitrogens is 1. The van der Waals surface area contributed by atoms with Gasteiger partial charge in [0.1, 0.15) is 5.83 Å². The highest BCUT2D eigenvalue weighted by Gasteiger charge is 2.19. The Bertz CT molecular complexity index is 1090. The molecule has 0 spiro atoms. The molecule has 0 bridgehead atoms. The highest BCUT2D eigenvalue weighted by Crippen LogP contribution is 2.26. The lowest BCUT2D eigenvalue weighted by Gasteiger charge is -2.35. The summed E-state index contributed by atoms with van der Waals surface area (Å²) in [5.74, 6) is -0.251. The molecule has 0 aliphatic rings. The van der Waals surface area contributed by atoms with Crippen LogP contribution in [0.5, 0.6) is 0 Å². The van der Waals surface area contributed by atoms with Gasteiger partial charge in [-0.2, -0.15) is 0 Å². The summed E-state index contributed by atoms with van der Waals surface area (Å²) in [6, 6.07) is 12.8. The van der Waals surface area contributed by atoms with Gasteiger partial charge in [-0.05, 0) is 87.2 Å². The molecule has 2 aromatic rings. The minimum atomic E-state index is -0.251. The zero-order valence-electron chi connectivity index (χ0n) is 25.6. The van der Waals surface area contributed by atoms with Crippen molar-refractivity contribution in [2.24, 2.45) is 4.99 Å². The van der Waals surface area contributed by atoms with Crippen LogP contribution in [-0.4, -0.2) is 56.5 Å². The van der Waals surface area contributed by atoms with Crippen molar-refractivity contribution in [1.29, 1.82) is 0 Å². The van der Waals surface area contributed by atoms with Crippen LogP contribution in [0.3, 0.4) is 0 Å². The van der Waals surface area contributed by atoms with Gasteiger partial charge in [0.2, 0.25) is 0 Å². The molecule has 0 aliphatic heterocycles. The van der Waals surface area contributed by atoms with Gasteiger partial charge in [-0.25, -0.2) is 4.39 Å². The van der Waals surface area contributed by atoms with Gasteiger partial charge >= 0.3 is 0 Å². The minimum absolute atomic E-state index is 0.251. The van der Waals surface area contributed by atoms with Crippen LogP contribution >= 0.6 is 0 Å². The molecule has 39 heavy (non-hydrogen) atoms. The lowest BCUT2D eigenvalue weighted by atomic mass is 10.0. The first kappa shape index (κ1) is 32.5. The Hall–Kier alpha value is -2.72. The summed E-state index contributed by atoms with van der Waals surface area (Å²) in [6.07, 6.45) is 14.7. The van der Waals surface area contributed by atoms with Crippen LogP contribution in [-0.2, 0) is 0 Å². The number of unbranched alkanes of at least 4 members (excludes halogenated alkanes) is 2. The van der Waals surface area contributed by atoms with Crippen LogP contribution in [0.25, 0.3) is 16.8 Å². The molecule has 0 amide bonds. The van der Waals surface area contributed by atoms with Gasteiger partial charge in [0.15, 0.2) is 0 Å². The highest BCUT2D eigenvalue weighted by molar-refractivity contribution is 5.88. The second kappa shape index (κ2) is 17.8. The van der Waals surface area contributed by atoms with E-state index in [0.717, 1.165) is 67.7 Å². The van der Waals surface area contributed by atoms with E-state index in [4.69, 9.17) is 0 Å². The molecular weight excluding hydrogens is 481 g/mol. The van der Waals surface area contributed by atoms with Gasteiger partial charge in [-0.1, -0.05) is 57.0 Å². The molecule has 0 N–H and O–H groups in total. The molecule has 0 heterocycles. The number of rotatable bonds is 18. The van der Waals surface area contributed by atoms with Crippen LogP contribution < -0.4 is 4.90 Å². The number of allylic oxidation sites excluding steroid dienone is 5. The zero-order chi connectivity index (χ0) is 28.5. The molecule has 0 aromatic heterocycles. The number of halogens is 1. The third-order valence-corrected chi connectivity index (χ3v) is 7.98. The summed E-state index contributed by atoms with van der Waals surface area (Å²) in [6.45, 7) is 20.8. The average Bonchev–Trinajstić information content (AvgIpc) is 2.96. The molecule has 0 aliphatic carbocycles. The van der Waals surface area contributed by atoms with E-state index in [-0.39, 0.29) is 5.83 Å². The summed E-state index contributed by atoms with van der Waals surface area (Å²) in [5.41, 5.74) is 2.68. The summed E-state index contributed by atoms with van der Waals surface area (Å²) in [4.78, 5) is 7.05. The SMILES string of the molecule is C\C=C/C(=C\C=NCCC[N+](CC)(CC)CC)C(/F)=C/c1ccc2cc(N(CCCC)CCCC)ccc2c1. The molecule has 4 heteroatoms. The first-order valence-electron chi connectivity index (χ1n) is 15.3. The van der Waals surface area contributed by atoms with E-state index in [1.54, 1.807) is 24.4 Å². The van der Waals surface area contributed by atoms with Gasteiger partial charge in [-0.3, -0.25) is 4.99 Å². The molecule has 3 nitrogen and oxygen atoms in total. The minimum Gasteiger partial charge on any atom is -0.372 e. The van der Waals surface area contributed by atoms with E-state index in [1.165, 1.54) is 36.8 Å². The van der Waals surface area contributed by atoms with Crippen molar-refractivity contribution in [3.05, 3.63) is 71.6 Å². The van der Waals surface area contributed by atoms with Crippen molar-refractivity contribution in [2.75, 3.05) is 50.7 Å². The quantitative estimate of drug-likeness (QED) is 0.0805. The van der Waals surface area contributed by atoms with Crippen molar-refractivity contribution >= 4 is 28.8 Å². The molecule has 214 valence electrons. The Kier molecular flexibility index (Phi) is 14.8. The molecule has 0 saturated heterocycles. The molecule has 2 rings (SSSR count). The fourth-order valence-corrected chi connectivity index (χ4v) is 5.08. The topological polar surface area (TPSA) is 15.6 Å². The highest BCUT2D eigenvalue weighted by atomic mass is 19.1. The number of fused-ring (bicyclic) bond motifs is 1. The maximum atomic E-state index is 15.3. The Morgan fingerprint density at radius 3 is 2.13 bits per heavy atom. The Labute approximate surface area is 238 Å². The fraction of sp³-hybridized carbons (Fsp3) is 0.514. The number of nitrogens with zero attached hydrogens (tertiary/aromatic N) is 3. The van der Waals surface area contributed by atoms with Gasteiger partial charge < -0.3 is 9.38 Å². The third-order valence-electron chi connectivity index (χ3n) is 7.98. The largest absolute Gasteiger partial charge is 0.372 e. The van der Waals surface area contributed by atoms with Crippen LogP contribution in [0.1, 0.15) is 79.2 Å². The van der Waals surface area contributed by atoms with Crippen LogP contribution in [0.4, 0.5) is 10.1 Å². The van der Waals surface area contributed by atoms with Gasteiger partial charge in [0, 0.05) is 43.5 Å². The summed E-state index contributed by atoms with van der Waals surface area (Å²) < 4.78 is 16.4. The second-order valence-electron chi connectivity index (χ2n) is 10.5. The van der Waals surface area contributed by atoms with Crippen LogP contribution in [0, 0.1) is 0 Å². The van der Waals surface area contributed by atoms with E-state index in [1.807, 2.05) is 19.1 Å². The van der Waals surface area contributed by atoms with Crippen molar-refractivity contribution in [1.82, 2.24) is 0 Å². The van der Waals surface area contributed by atoms with E-state index in [2.05, 4.69) is 74.8 Å². The van der Waals surface area contributed by atoms with Crippen molar-refractivity contribution < 1.29 is 8.87 Å². The monoisotopic (exact) mass is 534 g/mol. The van der Waals surface area contributed by atoms with Crippen molar-refractivity contribution in [3.8, 4) is 0 Å². The molecule has 0 radical (unpaired) electrons. The number of anilines is 1. The van der Waals surface area contributed by atoms with Crippen molar-refractivity contribution in [2.45, 2.75) is 73.6 Å². The molecule has 0 atom stereocenters. The number of hydrogen-bond acceptors (Lipinski definition) is 2. The van der Waals surface area contributed by atoms with E-state index in [9.17, 15) is 0 Å². The average molecular weight is 535 g/mol. The van der Waals surface area contributed by atoms with Crippen molar-refractivity contribution in [3.63, 3.8) is 0 Å². The lowest BCUT2D eigenvalue weighted by molar-refractivity contribution is -0.923. The molecule has 0 saturated carbocycles. The number of hydrogen-bond donors (Lipinski definition) is 0. The Balaban J connectivity index is 2.14. The van der Waals surface area contributed by atoms with Gasteiger partial charge in [0.05, 0.1) is 26.2 Å². The van der Waals surface area contributed by atoms with Gasteiger partial charge in [0.25, 0.3) is 0 Å². The summed E-state index contributed by atoms with van der Waals surface area (Å²) in [7, 11) is 0. The number of aliphatic imine (C=N–C) groups is 1. The molecular formula is C35H53FN3+.